The molecule has 1 aromatic carbocycles. The Balaban J connectivity index is -0.00000105. The maximum absolute atomic E-state index is 12.0. The lowest BCUT2D eigenvalue weighted by Gasteiger charge is -2.23. The van der Waals surface area contributed by atoms with Crippen LogP contribution in [0.4, 0.5) is 9.59 Å². The standard InChI is InChI=1S/C19H26O5.C15H25NO6.C14H23NO6.C12H20O5/c1-6-19(4,5)15-9-7-14(8-10-15)18(22)24-12-16(20)11-23-17(21)13(2)3;1-6-15(4,5)13(18)21-9-10-22-14(19)16-7-8-20-12(17)11(2)3;1-5-11(4)13(17)20-8-9-21-14(18)15-6-7-19-12(16)10(2)3;1-5-10(14)16-7-9(13)8-17-11(15)12(3,4)6-2/h7-10,16,20H,2,6,11-12H2,1,3-5H3;2,6-10H2,1,3-5H3,(H,16,19);11H,2,5-9H2,1,3-4H3,(H,15,18);5,9,13H,1,6-8H2,2-4H3. The summed E-state index contributed by atoms with van der Waals surface area (Å²) in [6.07, 6.45) is 0.571. The number of aliphatic hydroxyl groups excluding tert-OH is 2. The fourth-order valence-electron chi connectivity index (χ4n) is 4.79. The maximum Gasteiger partial charge on any atom is 0.407 e. The minimum absolute atomic E-state index is 0.000325. The Morgan fingerprint density at radius 3 is 1.30 bits per heavy atom. The van der Waals surface area contributed by atoms with Crippen LogP contribution < -0.4 is 10.6 Å². The van der Waals surface area contributed by atoms with Gasteiger partial charge in [-0.1, -0.05) is 86.9 Å². The molecule has 24 nitrogen and oxygen atoms in total. The monoisotopic (exact) mass is 1190 g/mol. The van der Waals surface area contributed by atoms with E-state index in [1.165, 1.54) is 20.8 Å². The van der Waals surface area contributed by atoms with Crippen molar-refractivity contribution >= 4 is 59.9 Å². The number of carbonyl (C=O) groups is 10. The van der Waals surface area contributed by atoms with Gasteiger partial charge in [0.25, 0.3) is 0 Å². The van der Waals surface area contributed by atoms with Crippen molar-refractivity contribution in [1.29, 1.82) is 0 Å². The van der Waals surface area contributed by atoms with Crippen molar-refractivity contribution < 1.29 is 106 Å². The van der Waals surface area contributed by atoms with E-state index < -0.39 is 65.1 Å². The number of ether oxygens (including phenoxy) is 10. The van der Waals surface area contributed by atoms with Gasteiger partial charge in [0, 0.05) is 22.8 Å². The Labute approximate surface area is 495 Å². The lowest BCUT2D eigenvalue weighted by molar-refractivity contribution is -0.159. The predicted molar refractivity (Wildman–Crippen MR) is 310 cm³/mol. The first kappa shape index (κ1) is 80.6. The van der Waals surface area contributed by atoms with Crippen LogP contribution in [-0.2, 0) is 86.3 Å². The van der Waals surface area contributed by atoms with E-state index in [-0.39, 0.29) is 114 Å². The largest absolute Gasteiger partial charge is 0.462 e. The van der Waals surface area contributed by atoms with Crippen molar-refractivity contribution in [1.82, 2.24) is 10.6 Å². The molecule has 0 spiro atoms. The van der Waals surface area contributed by atoms with E-state index in [1.807, 2.05) is 32.9 Å². The molecular formula is C60H94N2O22. The predicted octanol–water partition coefficient (Wildman–Crippen LogP) is 7.30. The van der Waals surface area contributed by atoms with E-state index in [4.69, 9.17) is 42.6 Å². The molecule has 476 valence electrons. The zero-order valence-corrected chi connectivity index (χ0v) is 51.8. The summed E-state index contributed by atoms with van der Waals surface area (Å²) in [6.45, 7) is 38.4. The van der Waals surface area contributed by atoms with Crippen LogP contribution in [0, 0.1) is 16.7 Å². The zero-order chi connectivity index (χ0) is 65.2. The van der Waals surface area contributed by atoms with E-state index in [2.05, 4.69) is 62.5 Å². The number of hydrogen-bond acceptors (Lipinski definition) is 22. The molecule has 0 aliphatic carbocycles. The quantitative estimate of drug-likeness (QED) is 0.0232. The molecule has 1 aromatic rings. The van der Waals surface area contributed by atoms with Crippen LogP contribution in [-0.4, -0.2) is 162 Å². The summed E-state index contributed by atoms with van der Waals surface area (Å²) in [5, 5.41) is 23.9. The van der Waals surface area contributed by atoms with Crippen molar-refractivity contribution in [3.63, 3.8) is 0 Å². The number of alkyl carbamates (subject to hydrolysis) is 2. The van der Waals surface area contributed by atoms with Crippen molar-refractivity contribution in [2.24, 2.45) is 16.7 Å². The highest BCUT2D eigenvalue weighted by Crippen LogP contribution is 2.27. The molecule has 0 saturated carbocycles. The summed E-state index contributed by atoms with van der Waals surface area (Å²) in [5.74, 6) is -3.95. The molecule has 1 rings (SSSR count). The number of carbonyl (C=O) groups excluding carboxylic acids is 10. The topological polar surface area (TPSA) is 328 Å². The number of aliphatic hydroxyl groups is 2. The van der Waals surface area contributed by atoms with Gasteiger partial charge in [0.1, 0.15) is 78.3 Å². The molecule has 0 radical (unpaired) electrons. The van der Waals surface area contributed by atoms with Crippen LogP contribution >= 0.6 is 0 Å². The second kappa shape index (κ2) is 44.0. The van der Waals surface area contributed by atoms with E-state index in [0.29, 0.717) is 36.0 Å². The van der Waals surface area contributed by atoms with Crippen LogP contribution in [0.15, 0.2) is 73.4 Å². The molecule has 0 aliphatic rings. The Bertz CT molecular complexity index is 2290. The minimum atomic E-state index is -1.07. The van der Waals surface area contributed by atoms with Gasteiger partial charge in [-0.15, -0.1) is 0 Å². The molecule has 0 aliphatic heterocycles. The summed E-state index contributed by atoms with van der Waals surface area (Å²) in [4.78, 5) is 113. The Morgan fingerprint density at radius 1 is 0.512 bits per heavy atom. The number of rotatable bonds is 33. The van der Waals surface area contributed by atoms with Gasteiger partial charge in [-0.05, 0) is 97.3 Å². The van der Waals surface area contributed by atoms with Crippen LogP contribution in [0.5, 0.6) is 0 Å². The van der Waals surface area contributed by atoms with Crippen LogP contribution in [0.3, 0.4) is 0 Å². The Hall–Kier alpha value is -7.60. The third-order valence-electron chi connectivity index (χ3n) is 11.8. The van der Waals surface area contributed by atoms with Crippen LogP contribution in [0.1, 0.15) is 139 Å². The van der Waals surface area contributed by atoms with Crippen molar-refractivity contribution in [2.75, 3.05) is 79.2 Å². The van der Waals surface area contributed by atoms with Gasteiger partial charge in [0.05, 0.1) is 35.4 Å². The van der Waals surface area contributed by atoms with Gasteiger partial charge < -0.3 is 68.2 Å². The molecular weight excluding hydrogens is 1100 g/mol. The third-order valence-corrected chi connectivity index (χ3v) is 11.8. The summed E-state index contributed by atoms with van der Waals surface area (Å²) in [6, 6.07) is 7.24. The molecule has 0 saturated heterocycles. The minimum Gasteiger partial charge on any atom is -0.462 e. The van der Waals surface area contributed by atoms with Gasteiger partial charge in [-0.2, -0.15) is 0 Å². The fraction of sp³-hybridized carbons (Fsp3) is 0.600. The fourth-order valence-corrected chi connectivity index (χ4v) is 4.79. The summed E-state index contributed by atoms with van der Waals surface area (Å²) < 4.78 is 48.4. The van der Waals surface area contributed by atoms with Gasteiger partial charge in [-0.25, -0.2) is 33.6 Å². The summed E-state index contributed by atoms with van der Waals surface area (Å²) >= 11 is 0. The van der Waals surface area contributed by atoms with Crippen LogP contribution in [0.25, 0.3) is 0 Å². The van der Waals surface area contributed by atoms with E-state index in [0.717, 1.165) is 18.1 Å². The lowest BCUT2D eigenvalue weighted by atomic mass is 9.82. The molecule has 0 bridgehead atoms. The first-order valence-corrected chi connectivity index (χ1v) is 27.3. The lowest BCUT2D eigenvalue weighted by Crippen LogP contribution is -2.31. The van der Waals surface area contributed by atoms with E-state index in [9.17, 15) is 58.2 Å². The third kappa shape index (κ3) is 39.0. The van der Waals surface area contributed by atoms with E-state index >= 15 is 0 Å². The smallest absolute Gasteiger partial charge is 0.407 e. The second-order valence-corrected chi connectivity index (χ2v) is 20.6. The average Bonchev–Trinajstić information content (AvgIpc) is 3.57. The number of amides is 2. The van der Waals surface area contributed by atoms with Crippen molar-refractivity contribution in [3.8, 4) is 0 Å². The molecule has 0 aromatic heterocycles. The molecule has 4 N–H and O–H groups in total. The van der Waals surface area contributed by atoms with Crippen LogP contribution in [0.2, 0.25) is 0 Å². The van der Waals surface area contributed by atoms with Crippen molar-refractivity contribution in [2.45, 2.75) is 140 Å². The highest BCUT2D eigenvalue weighted by molar-refractivity contribution is 5.90. The zero-order valence-electron chi connectivity index (χ0n) is 51.8. The summed E-state index contributed by atoms with van der Waals surface area (Å²) in [5.41, 5.74) is 1.32. The molecule has 0 fully saturated rings. The van der Waals surface area contributed by atoms with Gasteiger partial charge in [0.15, 0.2) is 0 Å². The molecule has 24 heteroatoms. The first-order valence-electron chi connectivity index (χ1n) is 27.3. The Morgan fingerprint density at radius 2 is 0.893 bits per heavy atom. The number of nitrogens with one attached hydrogen (secondary N) is 2. The maximum atomic E-state index is 12.0. The normalized spacial score (nSPS) is 11.7. The number of hydrogen-bond donors (Lipinski definition) is 4. The molecule has 3 unspecified atom stereocenters. The second-order valence-electron chi connectivity index (χ2n) is 20.6. The van der Waals surface area contributed by atoms with Gasteiger partial charge >= 0.3 is 59.9 Å². The van der Waals surface area contributed by atoms with Crippen molar-refractivity contribution in [3.05, 3.63) is 84.5 Å². The Kier molecular flexibility index (Phi) is 42.2. The highest BCUT2D eigenvalue weighted by atomic mass is 16.6. The molecule has 0 heterocycles. The molecule has 2 amide bonds. The summed E-state index contributed by atoms with van der Waals surface area (Å²) in [7, 11) is 0. The molecule has 3 atom stereocenters. The first-order chi connectivity index (χ1) is 39.1. The number of esters is 8. The SMILES string of the molecule is C=C(C)C(=O)OCC(O)COC(=O)c1ccc(C(C)(C)CC)cc1.C=C(C)C(=O)OCCNC(=O)OCCOC(=O)C(C)(C)CC.C=C(C)C(=O)OCCNC(=O)OCCOC(=O)C(C)CC.C=CC(=O)OCC(O)COC(=O)C(C)(C)CC. The van der Waals surface area contributed by atoms with E-state index in [1.54, 1.807) is 46.8 Å². The number of benzene rings is 1. The highest BCUT2D eigenvalue weighted by Gasteiger charge is 2.29. The van der Waals surface area contributed by atoms with Gasteiger partial charge in [-0.3, -0.25) is 14.4 Å². The van der Waals surface area contributed by atoms with Gasteiger partial charge in [0.2, 0.25) is 0 Å². The molecule has 84 heavy (non-hydrogen) atoms. The average molecular weight is 1200 g/mol.